The van der Waals surface area contributed by atoms with Gasteiger partial charge in [-0.25, -0.2) is 19.2 Å². The van der Waals surface area contributed by atoms with Gasteiger partial charge in [-0.05, 0) is 305 Å². The van der Waals surface area contributed by atoms with Crippen LogP contribution in [0.5, 0.6) is 11.5 Å². The number of unbranched alkanes of at least 4 members (excludes halogenated alkanes) is 3. The van der Waals surface area contributed by atoms with Crippen molar-refractivity contribution in [3.8, 4) is 24.0 Å². The van der Waals surface area contributed by atoms with Crippen molar-refractivity contribution in [2.24, 2.45) is 9.98 Å². The zero-order valence-electron chi connectivity index (χ0n) is 70.4. The number of ether oxygens (including phenoxy) is 6. The van der Waals surface area contributed by atoms with Crippen LogP contribution in [0.4, 0.5) is 42.8 Å². The van der Waals surface area contributed by atoms with E-state index in [9.17, 15) is 38.4 Å². The molecule has 0 heterocycles. The third-order valence-corrected chi connectivity index (χ3v) is 23.4. The van der Waals surface area contributed by atoms with Gasteiger partial charge in [0.25, 0.3) is 17.7 Å². The predicted octanol–water partition coefficient (Wildman–Crippen LogP) is 25.0. The van der Waals surface area contributed by atoms with Crippen LogP contribution in [0, 0.1) is 57.7 Å². The van der Waals surface area contributed by atoms with Crippen molar-refractivity contribution in [1.29, 1.82) is 10.5 Å². The summed E-state index contributed by atoms with van der Waals surface area (Å²) < 4.78 is 30.5. The molecule has 130 heavy (non-hydrogen) atoms. The Hall–Kier alpha value is -11.6. The maximum absolute atomic E-state index is 13.0. The van der Waals surface area contributed by atoms with E-state index in [1.165, 1.54) is 45.8 Å². The zero-order chi connectivity index (χ0) is 92.4. The number of aryl methyl sites for hydroxylation is 5. The highest BCUT2D eigenvalue weighted by molar-refractivity contribution is 8.14. The smallest absolute Gasteiger partial charge is 0.411 e. The molecule has 0 saturated carbocycles. The number of nitrogens with zero attached hydrogens (tertiary/aromatic N) is 4. The first-order valence-electron chi connectivity index (χ1n) is 39.6. The van der Waals surface area contributed by atoms with Gasteiger partial charge in [0.15, 0.2) is 5.12 Å². The lowest BCUT2D eigenvalue weighted by atomic mass is 10.0. The number of benzene rings is 11. The van der Waals surface area contributed by atoms with Crippen LogP contribution in [0.2, 0.25) is 0 Å². The number of hydrogen-bond donors (Lipinski definition) is 9. The molecule has 0 aliphatic carbocycles. The number of hydrogen-bond acceptors (Lipinski definition) is 29. The second kappa shape index (κ2) is 61.1. The Bertz CT molecular complexity index is 5440. The van der Waals surface area contributed by atoms with E-state index in [0.717, 1.165) is 113 Å². The van der Waals surface area contributed by atoms with Crippen LogP contribution in [-0.4, -0.2) is 96.5 Å². The lowest BCUT2D eigenvalue weighted by molar-refractivity contribution is -0.143. The van der Waals surface area contributed by atoms with E-state index in [2.05, 4.69) is 105 Å². The molecule has 11 aromatic carbocycles. The van der Waals surface area contributed by atoms with Gasteiger partial charge in [0.1, 0.15) is 11.5 Å². The fraction of sp³-hybridized carbons (Fsp3) is 0.224. The van der Waals surface area contributed by atoms with Gasteiger partial charge >= 0.3 is 24.1 Å². The molecular formula is C98H101N7O16S9. The molecule has 0 atom stereocenters. The van der Waals surface area contributed by atoms with Crippen molar-refractivity contribution in [2.75, 3.05) is 55.6 Å². The van der Waals surface area contributed by atoms with Crippen LogP contribution in [0.15, 0.2) is 305 Å². The van der Waals surface area contributed by atoms with E-state index in [-0.39, 0.29) is 90.1 Å². The molecule has 0 saturated heterocycles. The van der Waals surface area contributed by atoms with Crippen LogP contribution >= 0.6 is 109 Å². The highest BCUT2D eigenvalue weighted by Crippen LogP contribution is 2.35. The Morgan fingerprint density at radius 2 is 0.738 bits per heavy atom. The van der Waals surface area contributed by atoms with Gasteiger partial charge in [0.05, 0.1) is 50.6 Å². The topological polar surface area (TPSA) is 341 Å². The van der Waals surface area contributed by atoms with Crippen molar-refractivity contribution in [3.63, 3.8) is 0 Å². The Labute approximate surface area is 802 Å². The Kier molecular flexibility index (Phi) is 51.2. The third-order valence-electron chi connectivity index (χ3n) is 17.5. The zero-order valence-corrected chi connectivity index (χ0v) is 78.0. The molecule has 5 N–H and O–H groups in total. The molecule has 0 fully saturated rings. The second-order valence-corrected chi connectivity index (χ2v) is 35.1. The summed E-state index contributed by atoms with van der Waals surface area (Å²) in [5, 5.41) is 41.0. The quantitative estimate of drug-likeness (QED) is 0.00264. The lowest BCUT2D eigenvalue weighted by Gasteiger charge is -2.12. The molecule has 11 rings (SSSR count). The minimum Gasteiger partial charge on any atom is -0.465 e. The molecule has 0 bridgehead atoms. The number of carbonyl (C=O) groups is 6. The van der Waals surface area contributed by atoms with E-state index >= 15 is 0 Å². The average molecular weight is 1920 g/mol. The monoisotopic (exact) mass is 1920 g/mol. The summed E-state index contributed by atoms with van der Waals surface area (Å²) in [6.45, 7) is 10.3. The molecule has 678 valence electrons. The van der Waals surface area contributed by atoms with Crippen molar-refractivity contribution in [3.05, 3.63) is 281 Å². The first-order chi connectivity index (χ1) is 61.8. The molecule has 0 aromatic heterocycles. The standard InChI is InChI=1S/C48H44N2O6S6.C23H23N3O6.C12H10S3.C9H6N2O2.C4H10O2.2CH4/c1-31-5-7-33(27-34(31)29-46(52)61-42-21-17-40(18-22-42)59-38-13-9-36(57)10-14-38)28-45(51)55-25-3-4-26-56-47(53)49-35-8-6-32(2)44(30-35)50-48(54)62-43-23-19-41(20-24-43)60-39-15-11-37(58)12-16-39;1-16-5-7-18(11-20(16)25-15-27)12-22(28)30-9-3-4-10-31-23(29)26-19-8-6-17(2)21(13-19)32-14-24;13-9-1-5-11(6-2-9)15-12-7-3-10(14)4-8-12;1-7-2-3-8(11-6-12)4-9(7)13-5-10;5-3-1-2-4-6;;/h5-24,27,30,57-58H,3-4,25-26,28-29H2,1-2H3,(H,49,53)(H,50,54);5-8,11,13H,3-4,9-10,12H2,1-2H3,(H,26,29);1-8,13-14H;2-4H,1H3;5-6H,1-4H2;2*1H4. The van der Waals surface area contributed by atoms with Gasteiger partial charge < -0.3 is 44.0 Å². The molecule has 32 heteroatoms. The number of nitrogens with one attached hydrogen (secondary N) is 3. The number of rotatable bonds is 34. The van der Waals surface area contributed by atoms with Crippen molar-refractivity contribution >= 4 is 184 Å². The van der Waals surface area contributed by atoms with Crippen molar-refractivity contribution in [1.82, 2.24) is 0 Å². The Morgan fingerprint density at radius 1 is 0.377 bits per heavy atom. The van der Waals surface area contributed by atoms with Crippen LogP contribution in [0.1, 0.15) is 97.9 Å². The molecule has 0 aliphatic heterocycles. The molecule has 0 aliphatic rings. The predicted molar refractivity (Wildman–Crippen MR) is 528 cm³/mol. The van der Waals surface area contributed by atoms with E-state index in [0.29, 0.717) is 71.2 Å². The van der Waals surface area contributed by atoms with E-state index in [4.69, 9.17) is 44.4 Å². The highest BCUT2D eigenvalue weighted by atomic mass is 32.2. The minimum atomic E-state index is -0.637. The fourth-order valence-electron chi connectivity index (χ4n) is 10.8. The van der Waals surface area contributed by atoms with Crippen LogP contribution < -0.4 is 25.4 Å². The van der Waals surface area contributed by atoms with Gasteiger partial charge in [-0.3, -0.25) is 29.8 Å². The van der Waals surface area contributed by atoms with E-state index in [1.54, 1.807) is 122 Å². The molecule has 0 radical (unpaired) electrons. The summed E-state index contributed by atoms with van der Waals surface area (Å²) >= 11 is 24.5. The molecule has 3 amide bonds. The normalized spacial score (nSPS) is 10.0. The number of thioether (sulfide) groups is 2. The molecule has 0 spiro atoms. The number of aliphatic imine (C=N–C) groups is 2. The number of thiol groups is 4. The van der Waals surface area contributed by atoms with Gasteiger partial charge in [0.2, 0.25) is 12.2 Å². The Morgan fingerprint density at radius 3 is 1.16 bits per heavy atom. The number of nitriles is 2. The molecule has 11 aromatic rings. The number of carbonyl (C=O) groups excluding carboxylic acids is 8. The average Bonchev–Trinajstić information content (AvgIpc) is 0.852. The Balaban J connectivity index is 0.000000360. The van der Waals surface area contributed by atoms with Gasteiger partial charge in [-0.1, -0.05) is 110 Å². The number of aliphatic hydroxyl groups is 2. The first-order valence-corrected chi connectivity index (χ1v) is 45.4. The number of esters is 2. The van der Waals surface area contributed by atoms with Gasteiger partial charge in [-0.15, -0.1) is 61.0 Å². The van der Waals surface area contributed by atoms with Crippen LogP contribution in [0.3, 0.4) is 0 Å². The summed E-state index contributed by atoms with van der Waals surface area (Å²) in [7, 11) is 0. The van der Waals surface area contributed by atoms with Gasteiger partial charge in [-0.2, -0.15) is 9.98 Å². The number of amides is 3. The maximum atomic E-state index is 13.0. The summed E-state index contributed by atoms with van der Waals surface area (Å²) in [6, 6.07) is 73.7. The third kappa shape index (κ3) is 42.8. The molecule has 0 unspecified atom stereocenters. The van der Waals surface area contributed by atoms with Crippen LogP contribution in [0.25, 0.3) is 0 Å². The second-order valence-electron chi connectivity index (χ2n) is 27.4. The van der Waals surface area contributed by atoms with Crippen molar-refractivity contribution in [2.45, 2.75) is 166 Å². The fourth-order valence-corrected chi connectivity index (χ4v) is 15.2. The summed E-state index contributed by atoms with van der Waals surface area (Å²) in [5.74, 6) is -0.0177. The van der Waals surface area contributed by atoms with E-state index < -0.39 is 18.2 Å². The van der Waals surface area contributed by atoms with Crippen molar-refractivity contribution < 1.29 is 77.0 Å². The highest BCUT2D eigenvalue weighted by Gasteiger charge is 2.17. The summed E-state index contributed by atoms with van der Waals surface area (Å²) in [5.41, 5.74) is 8.92. The molecular weight excluding hydrogens is 1820 g/mol. The van der Waals surface area contributed by atoms with Crippen LogP contribution in [-0.2, 0) is 62.2 Å². The number of anilines is 3. The summed E-state index contributed by atoms with van der Waals surface area (Å²) in [4.78, 5) is 114. The minimum absolute atomic E-state index is 0. The molecule has 23 nitrogen and oxygen atoms in total. The SMILES string of the molecule is C.C.Cc1ccc(CC(=O)OCCCCOC(=O)Nc2ccc(C)c(NC(=O)Sc3ccc(Sc4ccc(S)cc4)cc3)c2)cc1CC(=O)Sc1ccc(Sc2ccc(S)cc2)cc1.Cc1ccc(CC(=O)OCCCCOC(=O)Nc2ccc(C)c(OC#N)c2)cc1N=C=O.Cc1ccc(N=C=O)cc1OC#N.OCCCCO.Sc1ccc(Sc2ccc(S)cc2)cc1. The summed E-state index contributed by atoms with van der Waals surface area (Å²) in [6.07, 6.45) is 8.65. The number of aliphatic hydroxyl groups excluding tert-OH is 2. The lowest BCUT2D eigenvalue weighted by Crippen LogP contribution is -2.15. The number of isocyanates is 2. The van der Waals surface area contributed by atoms with Gasteiger partial charge in [0, 0.05) is 108 Å². The first kappa shape index (κ1) is 109. The van der Waals surface area contributed by atoms with E-state index in [1.807, 2.05) is 160 Å². The largest absolute Gasteiger partial charge is 0.465 e. The maximum Gasteiger partial charge on any atom is 0.411 e.